The van der Waals surface area contributed by atoms with Gasteiger partial charge in [-0.15, -0.1) is 13.2 Å². The van der Waals surface area contributed by atoms with Crippen LogP contribution in [0.15, 0.2) is 6.07 Å². The highest BCUT2D eigenvalue weighted by atomic mass is 19.4. The molecule has 21 heavy (non-hydrogen) atoms. The Bertz CT molecular complexity index is 540. The normalized spacial score (nSPS) is 12.0. The highest BCUT2D eigenvalue weighted by molar-refractivity contribution is 5.92. The third-order valence-corrected chi connectivity index (χ3v) is 2.05. The fourth-order valence-electron chi connectivity index (χ4n) is 1.30. The molecule has 0 amide bonds. The van der Waals surface area contributed by atoms with Crippen LogP contribution in [0.1, 0.15) is 16.1 Å². The average Bonchev–Trinajstić information content (AvgIpc) is 2.34. The number of halogens is 6. The molecule has 0 atom stereocenters. The molecular formula is C10H7F6NO4. The number of pyridine rings is 1. The molecule has 0 bridgehead atoms. The van der Waals surface area contributed by atoms with Crippen molar-refractivity contribution in [3.05, 3.63) is 17.3 Å². The summed E-state index contributed by atoms with van der Waals surface area (Å²) in [6.07, 6.45) is -10.6. The van der Waals surface area contributed by atoms with Gasteiger partial charge >= 0.3 is 18.5 Å². The lowest BCUT2D eigenvalue weighted by Crippen LogP contribution is -2.22. The van der Waals surface area contributed by atoms with E-state index in [9.17, 15) is 31.1 Å². The lowest BCUT2D eigenvalue weighted by molar-refractivity contribution is -0.276. The molecule has 0 spiro atoms. The van der Waals surface area contributed by atoms with Crippen LogP contribution in [-0.4, -0.2) is 31.5 Å². The van der Waals surface area contributed by atoms with E-state index in [-0.39, 0.29) is 6.07 Å². The predicted molar refractivity (Wildman–Crippen MR) is 53.8 cm³/mol. The summed E-state index contributed by atoms with van der Waals surface area (Å²) >= 11 is 0. The quantitative estimate of drug-likeness (QED) is 0.633. The summed E-state index contributed by atoms with van der Waals surface area (Å²) in [5, 5.41) is 0. The average molecular weight is 319 g/mol. The summed E-state index contributed by atoms with van der Waals surface area (Å²) in [6.45, 7) is 0. The van der Waals surface area contributed by atoms with Crippen LogP contribution >= 0.6 is 0 Å². The lowest BCUT2D eigenvalue weighted by Gasteiger charge is -2.16. The molecule has 1 heterocycles. The van der Waals surface area contributed by atoms with Crippen LogP contribution in [0.3, 0.4) is 0 Å². The molecule has 1 rings (SSSR count). The maximum Gasteiger partial charge on any atom is 0.573 e. The number of alkyl halides is 6. The summed E-state index contributed by atoms with van der Waals surface area (Å²) in [5.41, 5.74) is -2.73. The number of nitrogens with zero attached hydrogens (tertiary/aromatic N) is 1. The van der Waals surface area contributed by atoms with Crippen molar-refractivity contribution >= 4 is 5.97 Å². The van der Waals surface area contributed by atoms with Crippen molar-refractivity contribution in [1.29, 1.82) is 0 Å². The molecule has 0 saturated carbocycles. The fourth-order valence-corrected chi connectivity index (χ4v) is 1.30. The second-order valence-corrected chi connectivity index (χ2v) is 3.43. The van der Waals surface area contributed by atoms with E-state index in [2.05, 4.69) is 19.2 Å². The second-order valence-electron chi connectivity index (χ2n) is 3.43. The van der Waals surface area contributed by atoms with E-state index in [1.807, 2.05) is 0 Å². The number of hydrogen-bond donors (Lipinski definition) is 0. The Hall–Kier alpha value is -2.20. The van der Waals surface area contributed by atoms with Gasteiger partial charge in [0.15, 0.2) is 11.4 Å². The van der Waals surface area contributed by atoms with Crippen molar-refractivity contribution < 1.29 is 45.3 Å². The third-order valence-electron chi connectivity index (χ3n) is 2.05. The van der Waals surface area contributed by atoms with Crippen LogP contribution in [-0.2, 0) is 10.9 Å². The molecular weight excluding hydrogens is 312 g/mol. The zero-order chi connectivity index (χ0) is 16.4. The number of carbonyl (C=O) groups excluding carboxylic acids is 1. The molecule has 11 heteroatoms. The smallest absolute Gasteiger partial charge is 0.480 e. The first kappa shape index (κ1) is 16.9. The van der Waals surface area contributed by atoms with E-state index >= 15 is 0 Å². The van der Waals surface area contributed by atoms with Crippen LogP contribution in [0.2, 0.25) is 0 Å². The molecule has 0 radical (unpaired) electrons. The van der Waals surface area contributed by atoms with E-state index in [4.69, 9.17) is 0 Å². The first-order valence-corrected chi connectivity index (χ1v) is 5.00. The van der Waals surface area contributed by atoms with E-state index in [0.29, 0.717) is 0 Å². The summed E-state index contributed by atoms with van der Waals surface area (Å²) in [7, 11) is 1.77. The van der Waals surface area contributed by atoms with Gasteiger partial charge in [0, 0.05) is 6.07 Å². The monoisotopic (exact) mass is 319 g/mol. The van der Waals surface area contributed by atoms with E-state index in [1.165, 1.54) is 0 Å². The minimum atomic E-state index is -5.40. The summed E-state index contributed by atoms with van der Waals surface area (Å²) in [6, 6.07) is 0.202. The van der Waals surface area contributed by atoms with Gasteiger partial charge in [0.2, 0.25) is 5.88 Å². The van der Waals surface area contributed by atoms with Crippen molar-refractivity contribution in [3.8, 4) is 11.6 Å². The van der Waals surface area contributed by atoms with Gasteiger partial charge in [-0.1, -0.05) is 0 Å². The molecule has 0 aromatic carbocycles. The van der Waals surface area contributed by atoms with Crippen LogP contribution in [0, 0.1) is 0 Å². The predicted octanol–water partition coefficient (Wildman–Crippen LogP) is 2.79. The summed E-state index contributed by atoms with van der Waals surface area (Å²) in [4.78, 5) is 14.2. The SMILES string of the molecule is COC(=O)c1cc(OC(F)(F)F)c(C(F)(F)F)nc1OC. The zero-order valence-electron chi connectivity index (χ0n) is 10.4. The number of ether oxygens (including phenoxy) is 3. The maximum atomic E-state index is 12.7. The second kappa shape index (κ2) is 5.66. The lowest BCUT2D eigenvalue weighted by atomic mass is 10.2. The number of carbonyl (C=O) groups is 1. The molecule has 0 aliphatic heterocycles. The van der Waals surface area contributed by atoms with Crippen molar-refractivity contribution in [2.24, 2.45) is 0 Å². The Labute approximate surface area is 113 Å². The van der Waals surface area contributed by atoms with Gasteiger partial charge in [0.25, 0.3) is 0 Å². The Kier molecular flexibility index (Phi) is 4.54. The molecule has 0 aliphatic carbocycles. The first-order chi connectivity index (χ1) is 9.49. The molecule has 118 valence electrons. The molecule has 0 aliphatic rings. The Balaban J connectivity index is 3.53. The highest BCUT2D eigenvalue weighted by Crippen LogP contribution is 2.39. The Morgan fingerprint density at radius 1 is 1.14 bits per heavy atom. The molecule has 0 unspecified atom stereocenters. The number of methoxy groups -OCH3 is 2. The molecule has 5 nitrogen and oxygen atoms in total. The van der Waals surface area contributed by atoms with Crippen LogP contribution in [0.4, 0.5) is 26.3 Å². The molecule has 0 N–H and O–H groups in total. The number of rotatable bonds is 3. The van der Waals surface area contributed by atoms with Gasteiger partial charge in [0.05, 0.1) is 14.2 Å². The minimum absolute atomic E-state index is 0.202. The van der Waals surface area contributed by atoms with Crippen molar-refractivity contribution in [2.45, 2.75) is 12.5 Å². The van der Waals surface area contributed by atoms with Gasteiger partial charge in [-0.2, -0.15) is 13.2 Å². The topological polar surface area (TPSA) is 57.7 Å². The molecule has 0 fully saturated rings. The van der Waals surface area contributed by atoms with Gasteiger partial charge < -0.3 is 14.2 Å². The number of hydrogen-bond acceptors (Lipinski definition) is 5. The first-order valence-electron chi connectivity index (χ1n) is 5.00. The zero-order valence-corrected chi connectivity index (χ0v) is 10.4. The van der Waals surface area contributed by atoms with Gasteiger partial charge in [-0.05, 0) is 0 Å². The Morgan fingerprint density at radius 2 is 1.71 bits per heavy atom. The summed E-state index contributed by atoms with van der Waals surface area (Å²) in [5.74, 6) is -3.76. The van der Waals surface area contributed by atoms with Gasteiger partial charge in [0.1, 0.15) is 5.56 Å². The third kappa shape index (κ3) is 4.13. The van der Waals surface area contributed by atoms with E-state index in [0.717, 1.165) is 14.2 Å². The minimum Gasteiger partial charge on any atom is -0.480 e. The van der Waals surface area contributed by atoms with Crippen molar-refractivity contribution in [1.82, 2.24) is 4.98 Å². The van der Waals surface area contributed by atoms with Gasteiger partial charge in [-0.3, -0.25) is 0 Å². The molecule has 1 aromatic heterocycles. The van der Waals surface area contributed by atoms with Crippen LogP contribution < -0.4 is 9.47 Å². The summed E-state index contributed by atoms with van der Waals surface area (Å²) < 4.78 is 86.3. The van der Waals surface area contributed by atoms with Crippen molar-refractivity contribution in [2.75, 3.05) is 14.2 Å². The van der Waals surface area contributed by atoms with Crippen molar-refractivity contribution in [3.63, 3.8) is 0 Å². The maximum absolute atomic E-state index is 12.7. The van der Waals surface area contributed by atoms with E-state index in [1.54, 1.807) is 0 Å². The van der Waals surface area contributed by atoms with E-state index < -0.39 is 41.4 Å². The number of aromatic nitrogens is 1. The highest BCUT2D eigenvalue weighted by Gasteiger charge is 2.42. The van der Waals surface area contributed by atoms with Crippen LogP contribution in [0.5, 0.6) is 11.6 Å². The van der Waals surface area contributed by atoms with Gasteiger partial charge in [-0.25, -0.2) is 9.78 Å². The standard InChI is InChI=1S/C10H7F6NO4/c1-19-7-4(8(18)20-2)3-5(21-10(14,15)16)6(17-7)9(11,12)13/h3H,1-2H3. The fraction of sp³-hybridized carbons (Fsp3) is 0.400. The largest absolute Gasteiger partial charge is 0.573 e. The number of esters is 1. The Morgan fingerprint density at radius 3 is 2.10 bits per heavy atom. The molecule has 1 aromatic rings. The van der Waals surface area contributed by atoms with Crippen LogP contribution in [0.25, 0.3) is 0 Å². The molecule has 0 saturated heterocycles.